The lowest BCUT2D eigenvalue weighted by Gasteiger charge is -2.10. The average molecular weight is 429 g/mol. The zero-order chi connectivity index (χ0) is 20.5. The van der Waals surface area contributed by atoms with Gasteiger partial charge in [-0.05, 0) is 12.5 Å². The second-order valence-electron chi connectivity index (χ2n) is 6.79. The van der Waals surface area contributed by atoms with Crippen LogP contribution in [-0.2, 0) is 4.79 Å². The van der Waals surface area contributed by atoms with Gasteiger partial charge < -0.3 is 0 Å². The molecule has 0 saturated carbocycles. The Kier molecular flexibility index (Phi) is 4.98. The van der Waals surface area contributed by atoms with Gasteiger partial charge in [-0.25, -0.2) is 9.97 Å². The van der Waals surface area contributed by atoms with Gasteiger partial charge in [-0.2, -0.15) is 0 Å². The summed E-state index contributed by atoms with van der Waals surface area (Å²) >= 11 is 2.96. The molecule has 5 aromatic rings. The maximum Gasteiger partial charge on any atom is 0.149 e. The van der Waals surface area contributed by atoms with E-state index < -0.39 is 0 Å². The standard InChI is InChI=1S/C23H16N4OS2/c1-14(28)12-29-23-21-20(24-13-25-23)18-17(15-8-4-2-5-9-15)19(26-27-22(18)30-21)16-10-6-3-7-11-16/h2-11,13H,12H2,1H3. The Bertz CT molecular complexity index is 1370. The molecular weight excluding hydrogens is 412 g/mol. The zero-order valence-corrected chi connectivity index (χ0v) is 17.7. The lowest BCUT2D eigenvalue weighted by molar-refractivity contribution is -0.114. The van der Waals surface area contributed by atoms with Crippen LogP contribution >= 0.6 is 23.1 Å². The van der Waals surface area contributed by atoms with Gasteiger partial charge in [0.15, 0.2) is 0 Å². The number of aromatic nitrogens is 4. The van der Waals surface area contributed by atoms with Crippen molar-refractivity contribution >= 4 is 49.3 Å². The summed E-state index contributed by atoms with van der Waals surface area (Å²) < 4.78 is 0.940. The summed E-state index contributed by atoms with van der Waals surface area (Å²) in [5.74, 6) is 0.497. The number of thioether (sulfide) groups is 1. The largest absolute Gasteiger partial charge is 0.299 e. The predicted octanol–water partition coefficient (Wildman–Crippen LogP) is 5.65. The minimum absolute atomic E-state index is 0.115. The Balaban J connectivity index is 1.84. The number of carbonyl (C=O) groups is 1. The number of fused-ring (bicyclic) bond motifs is 3. The molecule has 5 nitrogen and oxygen atoms in total. The summed E-state index contributed by atoms with van der Waals surface area (Å²) in [6.45, 7) is 1.58. The van der Waals surface area contributed by atoms with Gasteiger partial charge >= 0.3 is 0 Å². The number of nitrogens with zero attached hydrogens (tertiary/aromatic N) is 4. The summed E-state index contributed by atoms with van der Waals surface area (Å²) in [4.78, 5) is 21.3. The second-order valence-corrected chi connectivity index (χ2v) is 8.75. The Morgan fingerprint density at radius 2 is 1.63 bits per heavy atom. The molecule has 0 N–H and O–H groups in total. The molecule has 7 heteroatoms. The maximum atomic E-state index is 11.5. The van der Waals surface area contributed by atoms with Crippen molar-refractivity contribution in [2.24, 2.45) is 0 Å². The molecule has 0 aliphatic rings. The highest BCUT2D eigenvalue weighted by Crippen LogP contribution is 2.43. The van der Waals surface area contributed by atoms with Crippen molar-refractivity contribution < 1.29 is 4.79 Å². The van der Waals surface area contributed by atoms with Crippen molar-refractivity contribution in [3.63, 3.8) is 0 Å². The van der Waals surface area contributed by atoms with Crippen molar-refractivity contribution in [3.05, 3.63) is 67.0 Å². The van der Waals surface area contributed by atoms with E-state index in [0.717, 1.165) is 47.8 Å². The van der Waals surface area contributed by atoms with Gasteiger partial charge in [0.05, 0.1) is 16.0 Å². The molecule has 0 saturated heterocycles. The average Bonchev–Trinajstić information content (AvgIpc) is 3.17. The molecule has 146 valence electrons. The summed E-state index contributed by atoms with van der Waals surface area (Å²) in [6.07, 6.45) is 1.56. The van der Waals surface area contributed by atoms with Gasteiger partial charge in [-0.1, -0.05) is 72.4 Å². The summed E-state index contributed by atoms with van der Waals surface area (Å²) in [7, 11) is 0. The predicted molar refractivity (Wildman–Crippen MR) is 123 cm³/mol. The quantitative estimate of drug-likeness (QED) is 0.266. The van der Waals surface area contributed by atoms with Crippen molar-refractivity contribution in [2.75, 3.05) is 5.75 Å². The number of hydrogen-bond donors (Lipinski definition) is 0. The van der Waals surface area contributed by atoms with Crippen LogP contribution in [0.3, 0.4) is 0 Å². The van der Waals surface area contributed by atoms with Gasteiger partial charge in [0.25, 0.3) is 0 Å². The van der Waals surface area contributed by atoms with E-state index in [0.29, 0.717) is 5.75 Å². The fourth-order valence-corrected chi connectivity index (χ4v) is 5.35. The molecule has 0 amide bonds. The van der Waals surface area contributed by atoms with Crippen molar-refractivity contribution in [2.45, 2.75) is 11.9 Å². The number of benzene rings is 2. The van der Waals surface area contributed by atoms with Gasteiger partial charge in [0.1, 0.15) is 27.7 Å². The summed E-state index contributed by atoms with van der Waals surface area (Å²) in [5, 5.41) is 10.9. The molecule has 0 radical (unpaired) electrons. The second kappa shape index (κ2) is 7.93. The first kappa shape index (κ1) is 18.8. The van der Waals surface area contributed by atoms with E-state index in [2.05, 4.69) is 32.3 Å². The molecule has 0 bridgehead atoms. The first-order valence-corrected chi connectivity index (χ1v) is 11.2. The van der Waals surface area contributed by atoms with Crippen LogP contribution < -0.4 is 0 Å². The van der Waals surface area contributed by atoms with Crippen LogP contribution in [0.15, 0.2) is 72.0 Å². The molecule has 3 aromatic heterocycles. The first-order valence-electron chi connectivity index (χ1n) is 9.39. The number of carbonyl (C=O) groups excluding carboxylic acids is 1. The molecule has 0 unspecified atom stereocenters. The van der Waals surface area contributed by atoms with Gasteiger partial charge in [-0.15, -0.1) is 21.5 Å². The highest BCUT2D eigenvalue weighted by Gasteiger charge is 2.21. The van der Waals surface area contributed by atoms with Crippen LogP contribution in [0, 0.1) is 0 Å². The van der Waals surface area contributed by atoms with E-state index in [1.807, 2.05) is 48.5 Å². The molecule has 5 rings (SSSR count). The van der Waals surface area contributed by atoms with E-state index in [1.54, 1.807) is 13.3 Å². The third kappa shape index (κ3) is 3.36. The van der Waals surface area contributed by atoms with E-state index in [4.69, 9.17) is 0 Å². The SMILES string of the molecule is CC(=O)CSc1ncnc2c1sc1nnc(-c3ccccc3)c(-c3ccccc3)c12. The molecule has 0 fully saturated rings. The van der Waals surface area contributed by atoms with Crippen LogP contribution in [-0.4, -0.2) is 31.7 Å². The van der Waals surface area contributed by atoms with Crippen molar-refractivity contribution in [3.8, 4) is 22.4 Å². The summed E-state index contributed by atoms with van der Waals surface area (Å²) in [5.41, 5.74) is 4.75. The van der Waals surface area contributed by atoms with Crippen LogP contribution in [0.1, 0.15) is 6.92 Å². The minimum atomic E-state index is 0.115. The molecule has 0 spiro atoms. The fourth-order valence-electron chi connectivity index (χ4n) is 3.39. The molecule has 0 atom stereocenters. The lowest BCUT2D eigenvalue weighted by Crippen LogP contribution is -1.95. The number of ketones is 1. The Morgan fingerprint density at radius 1 is 0.933 bits per heavy atom. The van der Waals surface area contributed by atoms with Gasteiger partial charge in [0.2, 0.25) is 0 Å². The number of rotatable bonds is 5. The number of Topliss-reactive ketones (excluding diaryl/α,β-unsaturated/α-hetero) is 1. The van der Waals surface area contributed by atoms with Crippen LogP contribution in [0.5, 0.6) is 0 Å². The topological polar surface area (TPSA) is 68.6 Å². The Hall–Kier alpha value is -3.16. The first-order chi connectivity index (χ1) is 14.7. The maximum absolute atomic E-state index is 11.5. The van der Waals surface area contributed by atoms with E-state index in [1.165, 1.54) is 23.1 Å². The van der Waals surface area contributed by atoms with E-state index in [-0.39, 0.29) is 5.78 Å². The van der Waals surface area contributed by atoms with Crippen molar-refractivity contribution in [1.82, 2.24) is 20.2 Å². The molecule has 3 heterocycles. The van der Waals surface area contributed by atoms with Crippen LogP contribution in [0.4, 0.5) is 0 Å². The van der Waals surface area contributed by atoms with Crippen molar-refractivity contribution in [1.29, 1.82) is 0 Å². The monoisotopic (exact) mass is 428 g/mol. The number of hydrogen-bond acceptors (Lipinski definition) is 7. The van der Waals surface area contributed by atoms with Gasteiger partial charge in [-0.3, -0.25) is 4.79 Å². The lowest BCUT2D eigenvalue weighted by atomic mass is 9.97. The zero-order valence-electron chi connectivity index (χ0n) is 16.1. The smallest absolute Gasteiger partial charge is 0.149 e. The fraction of sp³-hybridized carbons (Fsp3) is 0.0870. The van der Waals surface area contributed by atoms with E-state index in [9.17, 15) is 4.79 Å². The third-order valence-electron chi connectivity index (χ3n) is 4.67. The number of thiophene rings is 1. The highest BCUT2D eigenvalue weighted by molar-refractivity contribution is 8.00. The minimum Gasteiger partial charge on any atom is -0.299 e. The third-order valence-corrected chi connectivity index (χ3v) is 7.00. The molecule has 0 aliphatic heterocycles. The Morgan fingerprint density at radius 3 is 2.33 bits per heavy atom. The van der Waals surface area contributed by atoms with Crippen LogP contribution in [0.25, 0.3) is 42.8 Å². The molecule has 2 aromatic carbocycles. The molecular formula is C23H16N4OS2. The van der Waals surface area contributed by atoms with E-state index >= 15 is 0 Å². The van der Waals surface area contributed by atoms with Crippen LogP contribution in [0.2, 0.25) is 0 Å². The van der Waals surface area contributed by atoms with Gasteiger partial charge in [0, 0.05) is 16.5 Å². The normalized spacial score (nSPS) is 11.2. The molecule has 30 heavy (non-hydrogen) atoms. The Labute approximate surface area is 181 Å². The molecule has 0 aliphatic carbocycles. The summed E-state index contributed by atoms with van der Waals surface area (Å²) in [6, 6.07) is 20.3. The highest BCUT2D eigenvalue weighted by atomic mass is 32.2.